The van der Waals surface area contributed by atoms with Crippen molar-refractivity contribution in [2.75, 3.05) is 11.4 Å². The van der Waals surface area contributed by atoms with Crippen LogP contribution >= 0.6 is 0 Å². The summed E-state index contributed by atoms with van der Waals surface area (Å²) in [5, 5.41) is 8.67. The van der Waals surface area contributed by atoms with Crippen molar-refractivity contribution in [3.63, 3.8) is 0 Å². The summed E-state index contributed by atoms with van der Waals surface area (Å²) in [6, 6.07) is 9.74. The van der Waals surface area contributed by atoms with Crippen molar-refractivity contribution in [3.8, 4) is 11.8 Å². The smallest absolute Gasteiger partial charge is 0.271 e. The summed E-state index contributed by atoms with van der Waals surface area (Å²) in [5.74, 6) is 0.770. The lowest BCUT2D eigenvalue weighted by molar-refractivity contribution is -0.136. The second-order valence-corrected chi connectivity index (χ2v) is 4.99. The number of carbonyl (C=O) groups excluding carboxylic acids is 1. The Labute approximate surface area is 120 Å². The summed E-state index contributed by atoms with van der Waals surface area (Å²) in [4.78, 5) is 14.6. The van der Waals surface area contributed by atoms with Gasteiger partial charge >= 0.3 is 0 Å². The van der Waals surface area contributed by atoms with Gasteiger partial charge in [-0.2, -0.15) is 5.26 Å². The van der Waals surface area contributed by atoms with E-state index in [0.29, 0.717) is 32.2 Å². The summed E-state index contributed by atoms with van der Waals surface area (Å²) >= 11 is 0. The minimum absolute atomic E-state index is 0.0131. The molecular formula is C16H20N2O2. The van der Waals surface area contributed by atoms with Crippen molar-refractivity contribution in [3.05, 3.63) is 24.3 Å². The molecule has 0 spiro atoms. The van der Waals surface area contributed by atoms with Gasteiger partial charge in [-0.05, 0) is 31.4 Å². The zero-order valence-corrected chi connectivity index (χ0v) is 12.1. The predicted molar refractivity (Wildman–Crippen MR) is 77.6 cm³/mol. The van der Waals surface area contributed by atoms with Crippen molar-refractivity contribution in [2.24, 2.45) is 0 Å². The van der Waals surface area contributed by atoms with E-state index < -0.39 is 5.60 Å². The number of nitrogens with zero attached hydrogens (tertiary/aromatic N) is 2. The Morgan fingerprint density at radius 1 is 1.30 bits per heavy atom. The van der Waals surface area contributed by atoms with Crippen LogP contribution in [-0.2, 0) is 4.79 Å². The number of para-hydroxylation sites is 2. The number of hydrogen-bond donors (Lipinski definition) is 0. The van der Waals surface area contributed by atoms with E-state index in [2.05, 4.69) is 6.07 Å². The number of amides is 1. The quantitative estimate of drug-likeness (QED) is 0.773. The van der Waals surface area contributed by atoms with Gasteiger partial charge < -0.3 is 9.64 Å². The Morgan fingerprint density at radius 3 is 2.65 bits per heavy atom. The summed E-state index contributed by atoms with van der Waals surface area (Å²) in [6.07, 6.45) is 2.43. The zero-order valence-electron chi connectivity index (χ0n) is 12.1. The minimum atomic E-state index is -0.763. The van der Waals surface area contributed by atoms with E-state index in [1.165, 1.54) is 0 Å². The average Bonchev–Trinajstić information content (AvgIpc) is 2.49. The van der Waals surface area contributed by atoms with E-state index in [-0.39, 0.29) is 5.91 Å². The van der Waals surface area contributed by atoms with E-state index in [0.717, 1.165) is 11.4 Å². The average molecular weight is 272 g/mol. The van der Waals surface area contributed by atoms with E-state index in [4.69, 9.17) is 10.00 Å². The highest BCUT2D eigenvalue weighted by Crippen LogP contribution is 2.40. The summed E-state index contributed by atoms with van der Waals surface area (Å²) in [7, 11) is 0. The Bertz CT molecular complexity index is 530. The summed E-state index contributed by atoms with van der Waals surface area (Å²) < 4.78 is 6.01. The Kier molecular flexibility index (Phi) is 4.29. The van der Waals surface area contributed by atoms with Crippen LogP contribution in [0.25, 0.3) is 0 Å². The predicted octanol–water partition coefficient (Wildman–Crippen LogP) is 3.27. The third-order valence-corrected chi connectivity index (χ3v) is 3.91. The van der Waals surface area contributed by atoms with Crippen LogP contribution in [0.1, 0.15) is 39.5 Å². The number of rotatable bonds is 5. The summed E-state index contributed by atoms with van der Waals surface area (Å²) in [6.45, 7) is 4.51. The molecule has 20 heavy (non-hydrogen) atoms. The number of nitriles is 1. The van der Waals surface area contributed by atoms with Crippen LogP contribution in [-0.4, -0.2) is 18.1 Å². The molecule has 2 rings (SSSR count). The van der Waals surface area contributed by atoms with Gasteiger partial charge in [-0.15, -0.1) is 0 Å². The lowest BCUT2D eigenvalue weighted by atomic mass is 9.92. The molecule has 0 bridgehead atoms. The van der Waals surface area contributed by atoms with Gasteiger partial charge in [-0.1, -0.05) is 26.0 Å². The van der Waals surface area contributed by atoms with Gasteiger partial charge in [0.15, 0.2) is 5.60 Å². The van der Waals surface area contributed by atoms with Crippen LogP contribution in [0.2, 0.25) is 0 Å². The number of carbonyl (C=O) groups is 1. The van der Waals surface area contributed by atoms with Crippen molar-refractivity contribution >= 4 is 11.6 Å². The topological polar surface area (TPSA) is 53.3 Å². The third-order valence-electron chi connectivity index (χ3n) is 3.91. The van der Waals surface area contributed by atoms with Gasteiger partial charge in [-0.25, -0.2) is 0 Å². The standard InChI is InChI=1S/C16H20N2O2/c1-3-16(4-2)15(19)18(12-8-7-11-17)13-9-5-6-10-14(13)20-16/h5-6,9-10H,3-4,7-8,12H2,1-2H3. The molecule has 106 valence electrons. The first-order chi connectivity index (χ1) is 9.68. The largest absolute Gasteiger partial charge is 0.475 e. The fourth-order valence-electron chi connectivity index (χ4n) is 2.61. The molecule has 1 aromatic carbocycles. The number of hydrogen-bond acceptors (Lipinski definition) is 3. The molecule has 0 fully saturated rings. The van der Waals surface area contributed by atoms with Gasteiger partial charge in [0.2, 0.25) is 0 Å². The van der Waals surface area contributed by atoms with Crippen molar-refractivity contribution in [1.29, 1.82) is 5.26 Å². The first kappa shape index (κ1) is 14.4. The van der Waals surface area contributed by atoms with E-state index in [1.54, 1.807) is 4.90 Å². The van der Waals surface area contributed by atoms with Gasteiger partial charge in [0, 0.05) is 13.0 Å². The van der Waals surface area contributed by atoms with Crippen molar-refractivity contribution in [2.45, 2.75) is 45.1 Å². The molecule has 1 aliphatic heterocycles. The number of unbranched alkanes of at least 4 members (excludes halogenated alkanes) is 1. The maximum atomic E-state index is 12.8. The third kappa shape index (κ3) is 2.36. The lowest BCUT2D eigenvalue weighted by Gasteiger charge is -2.42. The monoisotopic (exact) mass is 272 g/mol. The van der Waals surface area contributed by atoms with Crippen LogP contribution in [0.5, 0.6) is 5.75 Å². The Balaban J connectivity index is 2.37. The molecule has 1 amide bonds. The SMILES string of the molecule is CCC1(CC)Oc2ccccc2N(CCCC#N)C1=O. The highest BCUT2D eigenvalue weighted by Gasteiger charge is 2.45. The second kappa shape index (κ2) is 5.96. The molecule has 0 radical (unpaired) electrons. The fraction of sp³-hybridized carbons (Fsp3) is 0.500. The molecule has 0 unspecified atom stereocenters. The number of ether oxygens (including phenoxy) is 1. The molecule has 0 saturated heterocycles. The molecular weight excluding hydrogens is 252 g/mol. The van der Waals surface area contributed by atoms with Crippen molar-refractivity contribution in [1.82, 2.24) is 0 Å². The molecule has 1 aliphatic rings. The van der Waals surface area contributed by atoms with Crippen LogP contribution in [0.4, 0.5) is 5.69 Å². The molecule has 4 heteroatoms. The molecule has 0 aliphatic carbocycles. The van der Waals surface area contributed by atoms with Crippen molar-refractivity contribution < 1.29 is 9.53 Å². The zero-order chi connectivity index (χ0) is 14.6. The van der Waals surface area contributed by atoms with Crippen LogP contribution in [0.3, 0.4) is 0 Å². The molecule has 0 atom stereocenters. The molecule has 4 nitrogen and oxygen atoms in total. The highest BCUT2D eigenvalue weighted by atomic mass is 16.5. The molecule has 0 saturated carbocycles. The number of fused-ring (bicyclic) bond motifs is 1. The summed E-state index contributed by atoms with van der Waals surface area (Å²) in [5.41, 5.74) is 0.0500. The Hall–Kier alpha value is -2.02. The number of benzene rings is 1. The van der Waals surface area contributed by atoms with E-state index in [1.807, 2.05) is 38.1 Å². The van der Waals surface area contributed by atoms with Gasteiger partial charge in [0.25, 0.3) is 5.91 Å². The molecule has 0 N–H and O–H groups in total. The van der Waals surface area contributed by atoms with Gasteiger partial charge in [0.05, 0.1) is 11.8 Å². The molecule has 1 aromatic rings. The lowest BCUT2D eigenvalue weighted by Crippen LogP contribution is -2.55. The van der Waals surface area contributed by atoms with Crippen LogP contribution in [0.15, 0.2) is 24.3 Å². The molecule has 0 aromatic heterocycles. The first-order valence-electron chi connectivity index (χ1n) is 7.15. The van der Waals surface area contributed by atoms with E-state index in [9.17, 15) is 4.79 Å². The normalized spacial score (nSPS) is 16.2. The second-order valence-electron chi connectivity index (χ2n) is 4.99. The minimum Gasteiger partial charge on any atom is -0.475 e. The van der Waals surface area contributed by atoms with Crippen LogP contribution in [0, 0.1) is 11.3 Å². The molecule has 1 heterocycles. The van der Waals surface area contributed by atoms with E-state index >= 15 is 0 Å². The van der Waals surface area contributed by atoms with Crippen LogP contribution < -0.4 is 9.64 Å². The number of anilines is 1. The Morgan fingerprint density at radius 2 is 2.00 bits per heavy atom. The van der Waals surface area contributed by atoms with Gasteiger partial charge in [-0.3, -0.25) is 4.79 Å². The maximum absolute atomic E-state index is 12.8. The maximum Gasteiger partial charge on any atom is 0.271 e. The first-order valence-corrected chi connectivity index (χ1v) is 7.15. The highest BCUT2D eigenvalue weighted by molar-refractivity contribution is 6.02. The fourth-order valence-corrected chi connectivity index (χ4v) is 2.61. The van der Waals surface area contributed by atoms with Gasteiger partial charge in [0.1, 0.15) is 5.75 Å².